The van der Waals surface area contributed by atoms with Crippen LogP contribution in [-0.4, -0.2) is 60.5 Å². The van der Waals surface area contributed by atoms with Crippen LogP contribution in [-0.2, 0) is 4.74 Å². The van der Waals surface area contributed by atoms with Crippen molar-refractivity contribution in [2.45, 2.75) is 6.10 Å². The molecule has 1 saturated heterocycles. The van der Waals surface area contributed by atoms with Gasteiger partial charge in [0, 0.05) is 31.8 Å². The van der Waals surface area contributed by atoms with E-state index in [1.54, 1.807) is 0 Å². The minimum absolute atomic E-state index is 0. The summed E-state index contributed by atoms with van der Waals surface area (Å²) in [6, 6.07) is 5.81. The lowest BCUT2D eigenvalue weighted by Crippen LogP contribution is -2.42. The SMILES string of the molecule is Cl.O=[N+]([O-])c1ccc(OCC(O)CN2CCOCC2)cc1. The van der Waals surface area contributed by atoms with Gasteiger partial charge in [0.05, 0.1) is 18.1 Å². The van der Waals surface area contributed by atoms with E-state index in [2.05, 4.69) is 4.90 Å². The Morgan fingerprint density at radius 3 is 2.52 bits per heavy atom. The monoisotopic (exact) mass is 318 g/mol. The highest BCUT2D eigenvalue weighted by Crippen LogP contribution is 2.17. The molecule has 7 nitrogen and oxygen atoms in total. The van der Waals surface area contributed by atoms with Crippen LogP contribution in [0.4, 0.5) is 5.69 Å². The highest BCUT2D eigenvalue weighted by atomic mass is 35.5. The largest absolute Gasteiger partial charge is 0.491 e. The third-order valence-electron chi connectivity index (χ3n) is 3.06. The van der Waals surface area contributed by atoms with E-state index in [1.807, 2.05) is 0 Å². The Hall–Kier alpha value is -1.41. The molecule has 0 aliphatic carbocycles. The summed E-state index contributed by atoms with van der Waals surface area (Å²) in [5.41, 5.74) is 0.0196. The predicted octanol–water partition coefficient (Wildman–Crippen LogP) is 1.09. The Morgan fingerprint density at radius 2 is 1.95 bits per heavy atom. The molecule has 0 radical (unpaired) electrons. The smallest absolute Gasteiger partial charge is 0.269 e. The van der Waals surface area contributed by atoms with Crippen LogP contribution in [0.2, 0.25) is 0 Å². The Bertz CT molecular complexity index is 437. The summed E-state index contributed by atoms with van der Waals surface area (Å²) >= 11 is 0. The van der Waals surface area contributed by atoms with Crippen LogP contribution >= 0.6 is 12.4 Å². The molecular formula is C13H19ClN2O5. The summed E-state index contributed by atoms with van der Waals surface area (Å²) in [6.07, 6.45) is -0.594. The zero-order valence-electron chi connectivity index (χ0n) is 11.5. The number of hydrogen-bond acceptors (Lipinski definition) is 6. The van der Waals surface area contributed by atoms with Gasteiger partial charge in [-0.15, -0.1) is 12.4 Å². The molecule has 1 aliphatic rings. The normalized spacial score (nSPS) is 16.8. The fraction of sp³-hybridized carbons (Fsp3) is 0.538. The van der Waals surface area contributed by atoms with Crippen molar-refractivity contribution >= 4 is 18.1 Å². The number of non-ortho nitro benzene ring substituents is 1. The lowest BCUT2D eigenvalue weighted by molar-refractivity contribution is -0.384. The number of aliphatic hydroxyl groups is 1. The van der Waals surface area contributed by atoms with Gasteiger partial charge in [-0.2, -0.15) is 0 Å². The van der Waals surface area contributed by atoms with E-state index in [0.717, 1.165) is 13.1 Å². The number of nitrogens with zero attached hydrogens (tertiary/aromatic N) is 2. The van der Waals surface area contributed by atoms with Crippen LogP contribution in [0.25, 0.3) is 0 Å². The topological polar surface area (TPSA) is 85.1 Å². The van der Waals surface area contributed by atoms with Crippen molar-refractivity contribution < 1.29 is 19.5 Å². The molecule has 1 aromatic carbocycles. The van der Waals surface area contributed by atoms with Gasteiger partial charge in [0.15, 0.2) is 0 Å². The summed E-state index contributed by atoms with van der Waals surface area (Å²) in [5.74, 6) is 0.511. The van der Waals surface area contributed by atoms with E-state index in [-0.39, 0.29) is 24.7 Å². The van der Waals surface area contributed by atoms with Crippen molar-refractivity contribution in [2.75, 3.05) is 39.5 Å². The first-order chi connectivity index (χ1) is 9.65. The van der Waals surface area contributed by atoms with Crippen LogP contribution in [0.1, 0.15) is 0 Å². The van der Waals surface area contributed by atoms with Crippen LogP contribution in [0.5, 0.6) is 5.75 Å². The van der Waals surface area contributed by atoms with Crippen molar-refractivity contribution in [3.8, 4) is 5.75 Å². The number of nitro benzene ring substituents is 1. The number of morpholine rings is 1. The van der Waals surface area contributed by atoms with Crippen molar-refractivity contribution in [3.05, 3.63) is 34.4 Å². The van der Waals surface area contributed by atoms with E-state index in [9.17, 15) is 15.2 Å². The van der Waals surface area contributed by atoms with Crippen LogP contribution in [0, 0.1) is 10.1 Å². The minimum Gasteiger partial charge on any atom is -0.491 e. The molecule has 1 heterocycles. The van der Waals surface area contributed by atoms with Gasteiger partial charge in [-0.05, 0) is 12.1 Å². The molecule has 0 bridgehead atoms. The second kappa shape index (κ2) is 8.78. The third kappa shape index (κ3) is 5.84. The van der Waals surface area contributed by atoms with Gasteiger partial charge in [-0.25, -0.2) is 0 Å². The molecule has 0 spiro atoms. The van der Waals surface area contributed by atoms with E-state index < -0.39 is 11.0 Å². The molecule has 2 rings (SSSR count). The molecule has 1 unspecified atom stereocenters. The molecule has 118 valence electrons. The van der Waals surface area contributed by atoms with Crippen molar-refractivity contribution in [1.82, 2.24) is 4.90 Å². The predicted molar refractivity (Wildman–Crippen MR) is 79.1 cm³/mol. The van der Waals surface area contributed by atoms with Crippen LogP contribution in [0.15, 0.2) is 24.3 Å². The molecule has 21 heavy (non-hydrogen) atoms. The van der Waals surface area contributed by atoms with Gasteiger partial charge < -0.3 is 14.6 Å². The molecule has 1 aromatic rings. The van der Waals surface area contributed by atoms with E-state index in [1.165, 1.54) is 24.3 Å². The highest BCUT2D eigenvalue weighted by Gasteiger charge is 2.15. The molecule has 0 saturated carbocycles. The summed E-state index contributed by atoms with van der Waals surface area (Å²) < 4.78 is 10.6. The molecule has 1 N–H and O–H groups in total. The summed E-state index contributed by atoms with van der Waals surface area (Å²) in [7, 11) is 0. The fourth-order valence-electron chi connectivity index (χ4n) is 1.99. The summed E-state index contributed by atoms with van der Waals surface area (Å²) in [5, 5.41) is 20.4. The maximum atomic E-state index is 10.5. The number of hydrogen-bond donors (Lipinski definition) is 1. The maximum Gasteiger partial charge on any atom is 0.269 e. The molecule has 1 fully saturated rings. The first-order valence-corrected chi connectivity index (χ1v) is 6.50. The van der Waals surface area contributed by atoms with Gasteiger partial charge in [0.25, 0.3) is 5.69 Å². The van der Waals surface area contributed by atoms with Crippen LogP contribution < -0.4 is 4.74 Å². The van der Waals surface area contributed by atoms with Gasteiger partial charge in [0.1, 0.15) is 18.5 Å². The van der Waals surface area contributed by atoms with Crippen molar-refractivity contribution in [1.29, 1.82) is 0 Å². The fourth-order valence-corrected chi connectivity index (χ4v) is 1.99. The molecule has 0 aromatic heterocycles. The second-order valence-corrected chi connectivity index (χ2v) is 4.63. The number of aliphatic hydroxyl groups excluding tert-OH is 1. The van der Waals surface area contributed by atoms with Gasteiger partial charge in [0.2, 0.25) is 0 Å². The minimum atomic E-state index is -0.594. The van der Waals surface area contributed by atoms with Gasteiger partial charge >= 0.3 is 0 Å². The lowest BCUT2D eigenvalue weighted by Gasteiger charge is -2.28. The number of ether oxygens (including phenoxy) is 2. The summed E-state index contributed by atoms with van der Waals surface area (Å²) in [4.78, 5) is 12.2. The molecule has 8 heteroatoms. The molecule has 1 aliphatic heterocycles. The quantitative estimate of drug-likeness (QED) is 0.624. The Labute approximate surface area is 129 Å². The van der Waals surface area contributed by atoms with E-state index in [4.69, 9.17) is 9.47 Å². The first-order valence-electron chi connectivity index (χ1n) is 6.50. The number of nitro groups is 1. The van der Waals surface area contributed by atoms with Crippen LogP contribution in [0.3, 0.4) is 0 Å². The number of benzene rings is 1. The lowest BCUT2D eigenvalue weighted by atomic mass is 10.3. The number of halogens is 1. The molecule has 0 amide bonds. The third-order valence-corrected chi connectivity index (χ3v) is 3.06. The zero-order chi connectivity index (χ0) is 14.4. The standard InChI is InChI=1S/C13H18N2O5.ClH/c16-12(9-14-5-7-19-8-6-14)10-20-13-3-1-11(2-4-13)15(17)18;/h1-4,12,16H,5-10H2;1H. The Balaban J connectivity index is 0.00000220. The Kier molecular flexibility index (Phi) is 7.38. The van der Waals surface area contributed by atoms with E-state index >= 15 is 0 Å². The number of β-amino-alcohol motifs (C(OH)–C–C–N with tert-alkyl or cyclic N) is 1. The Morgan fingerprint density at radius 1 is 1.33 bits per heavy atom. The average Bonchev–Trinajstić information content (AvgIpc) is 2.46. The van der Waals surface area contributed by atoms with Crippen molar-refractivity contribution in [3.63, 3.8) is 0 Å². The zero-order valence-corrected chi connectivity index (χ0v) is 12.3. The summed E-state index contributed by atoms with van der Waals surface area (Å²) in [6.45, 7) is 3.71. The number of rotatable bonds is 6. The van der Waals surface area contributed by atoms with Crippen molar-refractivity contribution in [2.24, 2.45) is 0 Å². The second-order valence-electron chi connectivity index (χ2n) is 4.63. The molecule has 1 atom stereocenters. The van der Waals surface area contributed by atoms with Gasteiger partial charge in [-0.1, -0.05) is 0 Å². The van der Waals surface area contributed by atoms with E-state index in [0.29, 0.717) is 25.5 Å². The molecular weight excluding hydrogens is 300 g/mol. The average molecular weight is 319 g/mol. The van der Waals surface area contributed by atoms with Gasteiger partial charge in [-0.3, -0.25) is 15.0 Å². The highest BCUT2D eigenvalue weighted by molar-refractivity contribution is 5.85. The first kappa shape index (κ1) is 17.6. The maximum absolute atomic E-state index is 10.5.